The SMILES string of the molecule is N#Cc1c(N)nsc1NCCc1cccc(F)c1. The summed E-state index contributed by atoms with van der Waals surface area (Å²) in [7, 11) is 0. The third kappa shape index (κ3) is 2.76. The number of hydrogen-bond donors (Lipinski definition) is 2. The van der Waals surface area contributed by atoms with Crippen LogP contribution in [0.1, 0.15) is 11.1 Å². The van der Waals surface area contributed by atoms with E-state index in [1.807, 2.05) is 12.1 Å². The number of rotatable bonds is 4. The highest BCUT2D eigenvalue weighted by molar-refractivity contribution is 7.10. The Morgan fingerprint density at radius 2 is 2.33 bits per heavy atom. The summed E-state index contributed by atoms with van der Waals surface area (Å²) < 4.78 is 16.9. The molecule has 1 aromatic carbocycles. The first-order valence-corrected chi connectivity index (χ1v) is 6.11. The molecule has 0 amide bonds. The number of aromatic nitrogens is 1. The molecule has 0 radical (unpaired) electrons. The molecule has 0 aliphatic rings. The molecule has 0 aliphatic carbocycles. The number of nitrogen functional groups attached to an aromatic ring is 1. The van der Waals surface area contributed by atoms with Gasteiger partial charge in [0.25, 0.3) is 0 Å². The average molecular weight is 262 g/mol. The molecule has 6 heteroatoms. The van der Waals surface area contributed by atoms with Gasteiger partial charge in [-0.15, -0.1) is 0 Å². The van der Waals surface area contributed by atoms with Gasteiger partial charge in [0, 0.05) is 6.54 Å². The Morgan fingerprint density at radius 1 is 1.50 bits per heavy atom. The predicted molar refractivity (Wildman–Crippen MR) is 69.8 cm³/mol. The van der Waals surface area contributed by atoms with Crippen LogP contribution in [0.2, 0.25) is 0 Å². The van der Waals surface area contributed by atoms with Gasteiger partial charge in [0.1, 0.15) is 22.5 Å². The quantitative estimate of drug-likeness (QED) is 0.887. The lowest BCUT2D eigenvalue weighted by Gasteiger charge is -2.04. The molecule has 0 fully saturated rings. The van der Waals surface area contributed by atoms with Gasteiger partial charge in [0.2, 0.25) is 0 Å². The standard InChI is InChI=1S/C12H11FN4S/c13-9-3-1-2-8(6-9)4-5-16-12-10(7-14)11(15)17-18-12/h1-3,6,16H,4-5H2,(H2,15,17). The van der Waals surface area contributed by atoms with Crippen molar-refractivity contribution in [3.8, 4) is 6.07 Å². The number of halogens is 1. The molecule has 2 rings (SSSR count). The normalized spacial score (nSPS) is 10.0. The summed E-state index contributed by atoms with van der Waals surface area (Å²) in [6.07, 6.45) is 0.667. The van der Waals surface area contributed by atoms with Crippen molar-refractivity contribution in [3.63, 3.8) is 0 Å². The summed E-state index contributed by atoms with van der Waals surface area (Å²) >= 11 is 1.16. The van der Waals surface area contributed by atoms with Crippen LogP contribution in [0.3, 0.4) is 0 Å². The summed E-state index contributed by atoms with van der Waals surface area (Å²) in [5.41, 5.74) is 6.82. The second-order valence-corrected chi connectivity index (χ2v) is 4.46. The fourth-order valence-electron chi connectivity index (χ4n) is 1.54. The van der Waals surface area contributed by atoms with Gasteiger partial charge in [0.15, 0.2) is 5.82 Å². The molecular formula is C12H11FN4S. The second kappa shape index (κ2) is 5.47. The third-order valence-electron chi connectivity index (χ3n) is 2.42. The summed E-state index contributed by atoms with van der Waals surface area (Å²) in [6.45, 7) is 0.597. The third-order valence-corrected chi connectivity index (χ3v) is 3.24. The van der Waals surface area contributed by atoms with Crippen LogP contribution in [-0.4, -0.2) is 10.9 Å². The van der Waals surface area contributed by atoms with Crippen LogP contribution in [0.5, 0.6) is 0 Å². The summed E-state index contributed by atoms with van der Waals surface area (Å²) in [6, 6.07) is 8.44. The van der Waals surface area contributed by atoms with E-state index >= 15 is 0 Å². The molecule has 0 saturated heterocycles. The van der Waals surface area contributed by atoms with Crippen molar-refractivity contribution >= 4 is 22.4 Å². The fraction of sp³-hybridized carbons (Fsp3) is 0.167. The lowest BCUT2D eigenvalue weighted by Crippen LogP contribution is -2.05. The van der Waals surface area contributed by atoms with Crippen molar-refractivity contribution < 1.29 is 4.39 Å². The highest BCUT2D eigenvalue weighted by Gasteiger charge is 2.09. The molecule has 0 aliphatic heterocycles. The maximum atomic E-state index is 13.0. The Morgan fingerprint density at radius 3 is 3.06 bits per heavy atom. The summed E-state index contributed by atoms with van der Waals surface area (Å²) in [4.78, 5) is 0. The van der Waals surface area contributed by atoms with Crippen molar-refractivity contribution in [2.75, 3.05) is 17.6 Å². The molecule has 0 unspecified atom stereocenters. The first kappa shape index (κ1) is 12.3. The molecule has 1 heterocycles. The zero-order valence-electron chi connectivity index (χ0n) is 9.48. The highest BCUT2D eigenvalue weighted by atomic mass is 32.1. The summed E-state index contributed by atoms with van der Waals surface area (Å²) in [5.74, 6) is 0.00278. The fourth-order valence-corrected chi connectivity index (χ4v) is 2.23. The van der Waals surface area contributed by atoms with Gasteiger partial charge in [-0.05, 0) is 35.6 Å². The van der Waals surface area contributed by atoms with E-state index in [9.17, 15) is 4.39 Å². The maximum absolute atomic E-state index is 13.0. The Bertz CT molecular complexity index is 588. The van der Waals surface area contributed by atoms with Gasteiger partial charge in [-0.3, -0.25) is 0 Å². The number of hydrogen-bond acceptors (Lipinski definition) is 5. The van der Waals surface area contributed by atoms with E-state index in [1.54, 1.807) is 6.07 Å². The predicted octanol–water partition coefficient (Wildman–Crippen LogP) is 2.39. The van der Waals surface area contributed by atoms with E-state index in [4.69, 9.17) is 11.0 Å². The smallest absolute Gasteiger partial charge is 0.157 e. The van der Waals surface area contributed by atoms with E-state index in [2.05, 4.69) is 9.69 Å². The molecule has 0 saturated carbocycles. The van der Waals surface area contributed by atoms with E-state index in [0.717, 1.165) is 17.1 Å². The van der Waals surface area contributed by atoms with Crippen molar-refractivity contribution in [2.45, 2.75) is 6.42 Å². The zero-order chi connectivity index (χ0) is 13.0. The van der Waals surface area contributed by atoms with Gasteiger partial charge in [-0.25, -0.2) is 4.39 Å². The number of anilines is 2. The molecular weight excluding hydrogens is 251 g/mol. The topological polar surface area (TPSA) is 74.7 Å². The lowest BCUT2D eigenvalue weighted by molar-refractivity contribution is 0.625. The van der Waals surface area contributed by atoms with Crippen LogP contribution >= 0.6 is 11.5 Å². The van der Waals surface area contributed by atoms with Gasteiger partial charge < -0.3 is 11.1 Å². The largest absolute Gasteiger partial charge is 0.382 e. The minimum absolute atomic E-state index is 0.243. The molecule has 3 N–H and O–H groups in total. The van der Waals surface area contributed by atoms with Gasteiger partial charge >= 0.3 is 0 Å². The van der Waals surface area contributed by atoms with Gasteiger partial charge in [0.05, 0.1) is 0 Å². The maximum Gasteiger partial charge on any atom is 0.157 e. The number of nitrogens with zero attached hydrogens (tertiary/aromatic N) is 2. The van der Waals surface area contributed by atoms with Crippen molar-refractivity contribution in [3.05, 3.63) is 41.2 Å². The Labute approximate surface area is 108 Å². The van der Waals surface area contributed by atoms with Crippen LogP contribution in [0, 0.1) is 17.1 Å². The van der Waals surface area contributed by atoms with E-state index in [1.165, 1.54) is 12.1 Å². The van der Waals surface area contributed by atoms with Crippen LogP contribution in [-0.2, 0) is 6.42 Å². The molecule has 0 bridgehead atoms. The summed E-state index contributed by atoms with van der Waals surface area (Å²) in [5, 5.41) is 12.6. The number of nitrogens with one attached hydrogen (secondary N) is 1. The van der Waals surface area contributed by atoms with E-state index < -0.39 is 0 Å². The molecule has 18 heavy (non-hydrogen) atoms. The van der Waals surface area contributed by atoms with Crippen molar-refractivity contribution in [2.24, 2.45) is 0 Å². The minimum atomic E-state index is -0.243. The highest BCUT2D eigenvalue weighted by Crippen LogP contribution is 2.25. The average Bonchev–Trinajstić information content (AvgIpc) is 2.70. The van der Waals surface area contributed by atoms with Crippen LogP contribution in [0.15, 0.2) is 24.3 Å². The Kier molecular flexibility index (Phi) is 3.75. The molecule has 4 nitrogen and oxygen atoms in total. The molecule has 0 atom stereocenters. The Balaban J connectivity index is 1.95. The van der Waals surface area contributed by atoms with Crippen LogP contribution in [0.25, 0.3) is 0 Å². The lowest BCUT2D eigenvalue weighted by atomic mass is 10.1. The molecule has 2 aromatic rings. The number of benzene rings is 1. The zero-order valence-corrected chi connectivity index (χ0v) is 10.3. The Hall–Kier alpha value is -2.13. The second-order valence-electron chi connectivity index (χ2n) is 3.69. The van der Waals surface area contributed by atoms with E-state index in [0.29, 0.717) is 23.5 Å². The number of nitrogens with two attached hydrogens (primary N) is 1. The van der Waals surface area contributed by atoms with Gasteiger partial charge in [-0.2, -0.15) is 9.64 Å². The molecule has 0 spiro atoms. The van der Waals surface area contributed by atoms with Crippen molar-refractivity contribution in [1.82, 2.24) is 4.37 Å². The van der Waals surface area contributed by atoms with E-state index in [-0.39, 0.29) is 11.6 Å². The van der Waals surface area contributed by atoms with Crippen LogP contribution in [0.4, 0.5) is 15.2 Å². The minimum Gasteiger partial charge on any atom is -0.382 e. The molecule has 92 valence electrons. The number of nitriles is 1. The van der Waals surface area contributed by atoms with Crippen molar-refractivity contribution in [1.29, 1.82) is 5.26 Å². The van der Waals surface area contributed by atoms with Gasteiger partial charge in [-0.1, -0.05) is 12.1 Å². The first-order valence-electron chi connectivity index (χ1n) is 5.34. The van der Waals surface area contributed by atoms with Crippen LogP contribution < -0.4 is 11.1 Å². The first-order chi connectivity index (χ1) is 8.70. The molecule has 1 aromatic heterocycles. The monoisotopic (exact) mass is 262 g/mol.